The molecular formula is C16H15F2NO. The Bertz CT molecular complexity index is 603. The van der Waals surface area contributed by atoms with Crippen LogP contribution in [0.15, 0.2) is 48.5 Å². The van der Waals surface area contributed by atoms with Crippen LogP contribution in [0.1, 0.15) is 18.1 Å². The molecule has 0 heterocycles. The zero-order valence-corrected chi connectivity index (χ0v) is 11.1. The van der Waals surface area contributed by atoms with Gasteiger partial charge in [-0.25, -0.2) is 8.78 Å². The summed E-state index contributed by atoms with van der Waals surface area (Å²) >= 11 is 0. The lowest BCUT2D eigenvalue weighted by molar-refractivity contribution is -0.123. The Morgan fingerprint density at radius 1 is 1.10 bits per heavy atom. The number of nitrogens with two attached hydrogens (primary N) is 1. The first kappa shape index (κ1) is 14.3. The first-order valence-electron chi connectivity index (χ1n) is 6.22. The van der Waals surface area contributed by atoms with Gasteiger partial charge in [-0.1, -0.05) is 30.3 Å². The Hall–Kier alpha value is -2.07. The van der Waals surface area contributed by atoms with Gasteiger partial charge in [0.15, 0.2) is 5.78 Å². The van der Waals surface area contributed by atoms with Crippen molar-refractivity contribution >= 4 is 5.78 Å². The molecule has 0 saturated carbocycles. The number of hydrogen-bond acceptors (Lipinski definition) is 2. The fourth-order valence-corrected chi connectivity index (χ4v) is 2.03. The molecule has 1 atom stereocenters. The minimum Gasteiger partial charge on any atom is -0.315 e. The second kappa shape index (κ2) is 5.51. The molecule has 4 heteroatoms. The number of carbonyl (C=O) groups excluding carboxylic acids is 1. The highest BCUT2D eigenvalue weighted by molar-refractivity contribution is 5.90. The van der Waals surface area contributed by atoms with Gasteiger partial charge in [0.1, 0.15) is 11.6 Å². The third kappa shape index (κ3) is 3.08. The maximum atomic E-state index is 13.1. The molecule has 2 aromatic rings. The highest BCUT2D eigenvalue weighted by Gasteiger charge is 2.30. The van der Waals surface area contributed by atoms with Crippen LogP contribution < -0.4 is 5.73 Å². The van der Waals surface area contributed by atoms with E-state index in [9.17, 15) is 13.6 Å². The third-order valence-electron chi connectivity index (χ3n) is 3.24. The summed E-state index contributed by atoms with van der Waals surface area (Å²) in [6.07, 6.45) is -0.115. The minimum absolute atomic E-state index is 0.115. The zero-order valence-electron chi connectivity index (χ0n) is 11.1. The molecule has 2 nitrogen and oxygen atoms in total. The first-order valence-corrected chi connectivity index (χ1v) is 6.22. The van der Waals surface area contributed by atoms with Crippen LogP contribution in [0.4, 0.5) is 8.78 Å². The second-order valence-electron chi connectivity index (χ2n) is 4.95. The van der Waals surface area contributed by atoms with Gasteiger partial charge >= 0.3 is 0 Å². The number of halogens is 2. The number of carbonyl (C=O) groups is 1. The van der Waals surface area contributed by atoms with E-state index in [2.05, 4.69) is 0 Å². The maximum absolute atomic E-state index is 13.1. The molecule has 1 unspecified atom stereocenters. The Morgan fingerprint density at radius 2 is 1.65 bits per heavy atom. The number of Topliss-reactive ketones (excluding diaryl/α,β-unsaturated/α-hetero) is 1. The van der Waals surface area contributed by atoms with Crippen molar-refractivity contribution in [3.63, 3.8) is 0 Å². The third-order valence-corrected chi connectivity index (χ3v) is 3.24. The van der Waals surface area contributed by atoms with Crippen LogP contribution in [0.2, 0.25) is 0 Å². The van der Waals surface area contributed by atoms with Gasteiger partial charge in [0.2, 0.25) is 0 Å². The van der Waals surface area contributed by atoms with Gasteiger partial charge in [-0.05, 0) is 30.2 Å². The van der Waals surface area contributed by atoms with E-state index in [1.54, 1.807) is 31.2 Å². The Kier molecular flexibility index (Phi) is 3.95. The number of hydrogen-bond donors (Lipinski definition) is 1. The van der Waals surface area contributed by atoms with Crippen LogP contribution >= 0.6 is 0 Å². The van der Waals surface area contributed by atoms with Gasteiger partial charge in [0.25, 0.3) is 0 Å². The van der Waals surface area contributed by atoms with Crippen molar-refractivity contribution in [1.29, 1.82) is 0 Å². The quantitative estimate of drug-likeness (QED) is 0.932. The SMILES string of the molecule is CC(N)(C(=O)Cc1cc(F)cc(F)c1)c1ccccc1. The van der Waals surface area contributed by atoms with E-state index in [-0.39, 0.29) is 17.8 Å². The maximum Gasteiger partial charge on any atom is 0.161 e. The average Bonchev–Trinajstić information content (AvgIpc) is 2.38. The van der Waals surface area contributed by atoms with Crippen LogP contribution in [0, 0.1) is 11.6 Å². The largest absolute Gasteiger partial charge is 0.315 e. The van der Waals surface area contributed by atoms with E-state index in [0.717, 1.165) is 18.2 Å². The monoisotopic (exact) mass is 275 g/mol. The topological polar surface area (TPSA) is 43.1 Å². The molecule has 2 rings (SSSR count). The Morgan fingerprint density at radius 3 is 2.20 bits per heavy atom. The lowest BCUT2D eigenvalue weighted by Gasteiger charge is -2.23. The fraction of sp³-hybridized carbons (Fsp3) is 0.188. The van der Waals surface area contributed by atoms with Crippen molar-refractivity contribution in [3.05, 3.63) is 71.3 Å². The number of ketones is 1. The lowest BCUT2D eigenvalue weighted by atomic mass is 9.86. The molecule has 0 amide bonds. The molecule has 20 heavy (non-hydrogen) atoms. The molecule has 0 aliphatic carbocycles. The van der Waals surface area contributed by atoms with Crippen LogP contribution in [-0.4, -0.2) is 5.78 Å². The predicted molar refractivity (Wildman–Crippen MR) is 73.1 cm³/mol. The molecule has 0 aliphatic rings. The van der Waals surface area contributed by atoms with E-state index >= 15 is 0 Å². The normalized spacial score (nSPS) is 13.8. The van der Waals surface area contributed by atoms with Crippen molar-refractivity contribution in [2.75, 3.05) is 0 Å². The van der Waals surface area contributed by atoms with Crippen LogP contribution in [0.3, 0.4) is 0 Å². The molecule has 0 aliphatic heterocycles. The molecule has 104 valence electrons. The van der Waals surface area contributed by atoms with Crippen LogP contribution in [-0.2, 0) is 16.8 Å². The molecule has 0 bridgehead atoms. The van der Waals surface area contributed by atoms with Crippen molar-refractivity contribution in [3.8, 4) is 0 Å². The Labute approximate surface area is 116 Å². The van der Waals surface area contributed by atoms with E-state index in [4.69, 9.17) is 5.73 Å². The van der Waals surface area contributed by atoms with E-state index in [0.29, 0.717) is 5.56 Å². The van der Waals surface area contributed by atoms with Crippen molar-refractivity contribution in [2.45, 2.75) is 18.9 Å². The summed E-state index contributed by atoms with van der Waals surface area (Å²) in [4.78, 5) is 12.3. The van der Waals surface area contributed by atoms with Crippen LogP contribution in [0.25, 0.3) is 0 Å². The summed E-state index contributed by atoms with van der Waals surface area (Å²) in [6.45, 7) is 1.60. The van der Waals surface area contributed by atoms with E-state index in [1.165, 1.54) is 0 Å². The molecule has 2 N–H and O–H groups in total. The second-order valence-corrected chi connectivity index (χ2v) is 4.95. The minimum atomic E-state index is -1.19. The summed E-state index contributed by atoms with van der Waals surface area (Å²) in [7, 11) is 0. The summed E-state index contributed by atoms with van der Waals surface area (Å²) in [5.74, 6) is -1.70. The van der Waals surface area contributed by atoms with Gasteiger partial charge in [0, 0.05) is 12.5 Å². The summed E-state index contributed by atoms with van der Waals surface area (Å²) in [5, 5.41) is 0. The average molecular weight is 275 g/mol. The summed E-state index contributed by atoms with van der Waals surface area (Å²) in [6, 6.07) is 12.0. The summed E-state index contributed by atoms with van der Waals surface area (Å²) in [5.41, 5.74) is 5.82. The highest BCUT2D eigenvalue weighted by Crippen LogP contribution is 2.21. The van der Waals surface area contributed by atoms with Crippen molar-refractivity contribution < 1.29 is 13.6 Å². The van der Waals surface area contributed by atoms with Gasteiger partial charge in [-0.3, -0.25) is 4.79 Å². The molecule has 0 fully saturated rings. The highest BCUT2D eigenvalue weighted by atomic mass is 19.1. The zero-order chi connectivity index (χ0) is 14.8. The molecule has 2 aromatic carbocycles. The van der Waals surface area contributed by atoms with Gasteiger partial charge in [-0.15, -0.1) is 0 Å². The molecule has 0 aromatic heterocycles. The van der Waals surface area contributed by atoms with E-state index < -0.39 is 17.2 Å². The molecule has 0 saturated heterocycles. The molecule has 0 radical (unpaired) electrons. The number of benzene rings is 2. The van der Waals surface area contributed by atoms with E-state index in [1.807, 2.05) is 6.07 Å². The summed E-state index contributed by atoms with van der Waals surface area (Å²) < 4.78 is 26.2. The predicted octanol–water partition coefficient (Wildman–Crippen LogP) is 2.95. The Balaban J connectivity index is 2.23. The first-order chi connectivity index (χ1) is 9.39. The number of rotatable bonds is 4. The molecule has 0 spiro atoms. The lowest BCUT2D eigenvalue weighted by Crippen LogP contribution is -2.42. The van der Waals surface area contributed by atoms with Gasteiger partial charge in [0.05, 0.1) is 5.54 Å². The smallest absolute Gasteiger partial charge is 0.161 e. The fourth-order valence-electron chi connectivity index (χ4n) is 2.03. The van der Waals surface area contributed by atoms with Crippen molar-refractivity contribution in [2.24, 2.45) is 5.73 Å². The van der Waals surface area contributed by atoms with Crippen LogP contribution in [0.5, 0.6) is 0 Å². The van der Waals surface area contributed by atoms with Gasteiger partial charge in [-0.2, -0.15) is 0 Å². The van der Waals surface area contributed by atoms with Crippen molar-refractivity contribution in [1.82, 2.24) is 0 Å². The standard InChI is InChI=1S/C16H15F2NO/c1-16(19,12-5-3-2-4-6-12)15(20)9-11-7-13(17)10-14(18)8-11/h2-8,10H,9,19H2,1H3. The molecular weight excluding hydrogens is 260 g/mol. The van der Waals surface area contributed by atoms with Gasteiger partial charge < -0.3 is 5.73 Å².